The van der Waals surface area contributed by atoms with Crippen molar-refractivity contribution >= 4 is 0 Å². The van der Waals surface area contributed by atoms with Crippen LogP contribution < -0.4 is 5.32 Å². The van der Waals surface area contributed by atoms with E-state index in [-0.39, 0.29) is 6.04 Å². The van der Waals surface area contributed by atoms with Gasteiger partial charge in [0.1, 0.15) is 18.3 Å². The van der Waals surface area contributed by atoms with Crippen LogP contribution in [0.15, 0.2) is 55.4 Å². The van der Waals surface area contributed by atoms with Gasteiger partial charge in [0.2, 0.25) is 0 Å². The Hall–Kier alpha value is -3.26. The average molecular weight is 360 g/mol. The smallest absolute Gasteiger partial charge is 0.161 e. The van der Waals surface area contributed by atoms with Gasteiger partial charge in [-0.25, -0.2) is 14.6 Å². The van der Waals surface area contributed by atoms with Crippen molar-refractivity contribution in [1.82, 2.24) is 39.4 Å². The summed E-state index contributed by atoms with van der Waals surface area (Å²) in [5.74, 6) is 0.893. The van der Waals surface area contributed by atoms with E-state index in [1.165, 1.54) is 17.6 Å². The molecule has 8 nitrogen and oxygen atoms in total. The second-order valence-corrected chi connectivity index (χ2v) is 6.69. The fraction of sp³-hybridized carbons (Fsp3) is 0.263. The van der Waals surface area contributed by atoms with Gasteiger partial charge < -0.3 is 9.88 Å². The van der Waals surface area contributed by atoms with Crippen molar-refractivity contribution in [3.63, 3.8) is 0 Å². The fourth-order valence-corrected chi connectivity index (χ4v) is 3.53. The lowest BCUT2D eigenvalue weighted by Gasteiger charge is -2.16. The van der Waals surface area contributed by atoms with Crippen LogP contribution in [0.5, 0.6) is 0 Å². The standard InChI is InChI=1S/C19H20N8/c1-14(15-2-4-16(5-3-15)27-13-21-12-23-27)25-8-7-22-19(25)18-10-17-11-20-6-9-26(17)24-18/h2-5,7-8,10,12-14,20H,6,9,11H2,1H3. The zero-order valence-electron chi connectivity index (χ0n) is 15.0. The van der Waals surface area contributed by atoms with Crippen LogP contribution in [0.2, 0.25) is 0 Å². The Balaban J connectivity index is 1.45. The van der Waals surface area contributed by atoms with E-state index in [4.69, 9.17) is 5.10 Å². The summed E-state index contributed by atoms with van der Waals surface area (Å²) in [6, 6.07) is 10.6. The van der Waals surface area contributed by atoms with Gasteiger partial charge in [0.15, 0.2) is 5.82 Å². The molecule has 0 saturated heterocycles. The molecule has 0 spiro atoms. The molecule has 5 rings (SSSR count). The van der Waals surface area contributed by atoms with E-state index in [9.17, 15) is 0 Å². The molecule has 0 amide bonds. The van der Waals surface area contributed by atoms with Crippen LogP contribution in [0.3, 0.4) is 0 Å². The van der Waals surface area contributed by atoms with Gasteiger partial charge in [0.25, 0.3) is 0 Å². The van der Waals surface area contributed by atoms with Crippen LogP contribution in [-0.4, -0.2) is 40.6 Å². The highest BCUT2D eigenvalue weighted by Gasteiger charge is 2.19. The molecule has 0 fully saturated rings. The number of nitrogens with zero attached hydrogens (tertiary/aromatic N) is 7. The molecule has 1 atom stereocenters. The van der Waals surface area contributed by atoms with Crippen molar-refractivity contribution in [1.29, 1.82) is 0 Å². The number of imidazole rings is 1. The van der Waals surface area contributed by atoms with Gasteiger partial charge >= 0.3 is 0 Å². The van der Waals surface area contributed by atoms with Crippen LogP contribution in [0.25, 0.3) is 17.2 Å². The lowest BCUT2D eigenvalue weighted by molar-refractivity contribution is 0.476. The minimum absolute atomic E-state index is 0.143. The predicted octanol–water partition coefficient (Wildman–Crippen LogP) is 2.04. The third kappa shape index (κ3) is 2.83. The van der Waals surface area contributed by atoms with E-state index in [0.29, 0.717) is 0 Å². The van der Waals surface area contributed by atoms with Gasteiger partial charge in [-0.05, 0) is 30.7 Å². The number of fused-ring (bicyclic) bond motifs is 1. The number of aromatic nitrogens is 7. The first-order chi connectivity index (χ1) is 13.3. The molecule has 0 bridgehead atoms. The Morgan fingerprint density at radius 3 is 2.85 bits per heavy atom. The summed E-state index contributed by atoms with van der Waals surface area (Å²) < 4.78 is 6.00. The van der Waals surface area contributed by atoms with Crippen LogP contribution in [0.4, 0.5) is 0 Å². The van der Waals surface area contributed by atoms with E-state index in [2.05, 4.69) is 66.9 Å². The van der Waals surface area contributed by atoms with Crippen molar-refractivity contribution in [2.75, 3.05) is 6.54 Å². The molecule has 3 aromatic heterocycles. The lowest BCUT2D eigenvalue weighted by Crippen LogP contribution is -2.28. The summed E-state index contributed by atoms with van der Waals surface area (Å²) in [6.45, 7) is 4.88. The van der Waals surface area contributed by atoms with E-state index in [1.807, 2.05) is 12.4 Å². The normalized spacial score (nSPS) is 14.9. The average Bonchev–Trinajstić information content (AvgIpc) is 3.47. The molecule has 1 N–H and O–H groups in total. The van der Waals surface area contributed by atoms with Crippen LogP contribution in [-0.2, 0) is 13.1 Å². The van der Waals surface area contributed by atoms with Crippen LogP contribution >= 0.6 is 0 Å². The SMILES string of the molecule is CC(c1ccc(-n2cncn2)cc1)n1ccnc1-c1cc2n(n1)CCNC2. The first-order valence-electron chi connectivity index (χ1n) is 9.05. The van der Waals surface area contributed by atoms with Crippen molar-refractivity contribution in [3.05, 3.63) is 66.6 Å². The molecule has 8 heteroatoms. The second kappa shape index (κ2) is 6.48. The Labute approximate surface area is 156 Å². The molecule has 1 aromatic carbocycles. The Morgan fingerprint density at radius 1 is 1.19 bits per heavy atom. The first kappa shape index (κ1) is 16.0. The topological polar surface area (TPSA) is 78.4 Å². The maximum atomic E-state index is 4.75. The summed E-state index contributed by atoms with van der Waals surface area (Å²) in [7, 11) is 0. The van der Waals surface area contributed by atoms with Gasteiger partial charge in [-0.2, -0.15) is 10.2 Å². The van der Waals surface area contributed by atoms with E-state index in [1.54, 1.807) is 11.0 Å². The summed E-state index contributed by atoms with van der Waals surface area (Å²) in [5, 5.41) is 12.3. The monoisotopic (exact) mass is 360 g/mol. The maximum Gasteiger partial charge on any atom is 0.161 e. The molecule has 0 radical (unpaired) electrons. The maximum absolute atomic E-state index is 4.75. The summed E-state index contributed by atoms with van der Waals surface area (Å²) in [5.41, 5.74) is 4.31. The van der Waals surface area contributed by atoms with Gasteiger partial charge in [-0.1, -0.05) is 12.1 Å². The predicted molar refractivity (Wildman–Crippen MR) is 100 cm³/mol. The molecule has 0 aliphatic carbocycles. The number of hydrogen-bond acceptors (Lipinski definition) is 5. The third-order valence-corrected chi connectivity index (χ3v) is 5.04. The second-order valence-electron chi connectivity index (χ2n) is 6.69. The van der Waals surface area contributed by atoms with E-state index < -0.39 is 0 Å². The molecular weight excluding hydrogens is 340 g/mol. The van der Waals surface area contributed by atoms with Crippen molar-refractivity contribution in [2.45, 2.75) is 26.1 Å². The van der Waals surface area contributed by atoms with Gasteiger partial charge in [0, 0.05) is 25.5 Å². The molecule has 4 aromatic rings. The van der Waals surface area contributed by atoms with Gasteiger partial charge in [0.05, 0.1) is 24.0 Å². The molecular formula is C19H20N8. The number of hydrogen-bond donors (Lipinski definition) is 1. The zero-order chi connectivity index (χ0) is 18.2. The molecule has 27 heavy (non-hydrogen) atoms. The highest BCUT2D eigenvalue weighted by Crippen LogP contribution is 2.26. The van der Waals surface area contributed by atoms with Crippen LogP contribution in [0, 0.1) is 0 Å². The molecule has 1 aliphatic heterocycles. The molecule has 1 unspecified atom stereocenters. The minimum atomic E-state index is 0.143. The first-order valence-corrected chi connectivity index (χ1v) is 9.05. The number of nitrogens with one attached hydrogen (secondary N) is 1. The van der Waals surface area contributed by atoms with Gasteiger partial charge in [-0.15, -0.1) is 0 Å². The summed E-state index contributed by atoms with van der Waals surface area (Å²) >= 11 is 0. The molecule has 136 valence electrons. The third-order valence-electron chi connectivity index (χ3n) is 5.04. The van der Waals surface area contributed by atoms with Crippen molar-refractivity contribution < 1.29 is 0 Å². The molecule has 4 heterocycles. The minimum Gasteiger partial charge on any atom is -0.322 e. The summed E-state index contributed by atoms with van der Waals surface area (Å²) in [4.78, 5) is 8.57. The van der Waals surface area contributed by atoms with E-state index in [0.717, 1.165) is 36.8 Å². The fourth-order valence-electron chi connectivity index (χ4n) is 3.53. The number of rotatable bonds is 4. The highest BCUT2D eigenvalue weighted by atomic mass is 15.3. The summed E-state index contributed by atoms with van der Waals surface area (Å²) in [6.07, 6.45) is 7.09. The molecule has 0 saturated carbocycles. The lowest BCUT2D eigenvalue weighted by atomic mass is 10.1. The van der Waals surface area contributed by atoms with Gasteiger partial charge in [-0.3, -0.25) is 4.68 Å². The van der Waals surface area contributed by atoms with E-state index >= 15 is 0 Å². The van der Waals surface area contributed by atoms with Crippen molar-refractivity contribution in [3.8, 4) is 17.2 Å². The van der Waals surface area contributed by atoms with Crippen LogP contribution in [0.1, 0.15) is 24.2 Å². The molecule has 1 aliphatic rings. The van der Waals surface area contributed by atoms with Crippen molar-refractivity contribution in [2.24, 2.45) is 0 Å². The quantitative estimate of drug-likeness (QED) is 0.603. The zero-order valence-corrected chi connectivity index (χ0v) is 15.0. The largest absolute Gasteiger partial charge is 0.322 e. The Bertz CT molecular complexity index is 1020. The Kier molecular flexibility index (Phi) is 3.83. The number of benzene rings is 1. The highest BCUT2D eigenvalue weighted by molar-refractivity contribution is 5.51. The Morgan fingerprint density at radius 2 is 2.07 bits per heavy atom.